The number of rotatable bonds is 17. The lowest BCUT2D eigenvalue weighted by atomic mass is 9.96. The summed E-state index contributed by atoms with van der Waals surface area (Å²) in [5.41, 5.74) is 0.541. The van der Waals surface area contributed by atoms with E-state index in [9.17, 15) is 22.8 Å². The molecule has 0 saturated heterocycles. The number of thiazole rings is 1. The van der Waals surface area contributed by atoms with Crippen molar-refractivity contribution in [2.75, 3.05) is 27.7 Å². The minimum Gasteiger partial charge on any atom is -0.495 e. The molecular formula is C39H50ClN5O7S2. The number of carbonyl (C=O) groups is 3. The van der Waals surface area contributed by atoms with Crippen LogP contribution in [0.5, 0.6) is 11.5 Å². The Hall–Kier alpha value is -3.59. The number of carbonyl (C=O) groups excluding carboxylic acids is 3. The Morgan fingerprint density at radius 2 is 1.91 bits per heavy atom. The second-order valence-corrected chi connectivity index (χ2v) is 19.1. The van der Waals surface area contributed by atoms with Gasteiger partial charge in [-0.3, -0.25) is 14.3 Å². The fourth-order valence-corrected chi connectivity index (χ4v) is 9.56. The van der Waals surface area contributed by atoms with Crippen LogP contribution in [0, 0.1) is 17.8 Å². The first-order chi connectivity index (χ1) is 25.6. The van der Waals surface area contributed by atoms with Crippen molar-refractivity contribution >= 4 is 62.0 Å². The summed E-state index contributed by atoms with van der Waals surface area (Å²) in [5.74, 6) is -1.93. The Morgan fingerprint density at radius 1 is 1.15 bits per heavy atom. The van der Waals surface area contributed by atoms with E-state index in [2.05, 4.69) is 28.8 Å². The topological polar surface area (TPSA) is 157 Å². The number of hydrogen-bond acceptors (Lipinski definition) is 11. The van der Waals surface area contributed by atoms with Crippen molar-refractivity contribution in [3.63, 3.8) is 0 Å². The van der Waals surface area contributed by atoms with E-state index in [1.165, 1.54) is 18.4 Å². The Bertz CT molecular complexity index is 2050. The number of aromatic nitrogens is 2. The molecule has 3 saturated carbocycles. The maximum absolute atomic E-state index is 14.1. The predicted octanol–water partition coefficient (Wildman–Crippen LogP) is 6.28. The second-order valence-electron chi connectivity index (χ2n) is 15.7. The quantitative estimate of drug-likeness (QED) is 0.0906. The molecule has 3 aliphatic carbocycles. The summed E-state index contributed by atoms with van der Waals surface area (Å²) >= 11 is 8.22. The molecule has 1 aromatic carbocycles. The molecule has 292 valence electrons. The summed E-state index contributed by atoms with van der Waals surface area (Å²) in [6.45, 7) is 6.71. The van der Waals surface area contributed by atoms with Crippen LogP contribution >= 0.6 is 22.9 Å². The molecule has 54 heavy (non-hydrogen) atoms. The van der Waals surface area contributed by atoms with Crippen molar-refractivity contribution in [3.8, 4) is 22.2 Å². The number of nitrogens with one attached hydrogen (secondary N) is 2. The second kappa shape index (κ2) is 15.9. The largest absolute Gasteiger partial charge is 0.495 e. The van der Waals surface area contributed by atoms with Gasteiger partial charge in [-0.25, -0.2) is 18.4 Å². The lowest BCUT2D eigenvalue weighted by molar-refractivity contribution is -0.133. The van der Waals surface area contributed by atoms with Gasteiger partial charge < -0.3 is 24.5 Å². The van der Waals surface area contributed by atoms with Gasteiger partial charge in [0.05, 0.1) is 29.0 Å². The molecule has 0 aliphatic heterocycles. The molecule has 2 aromatic heterocycles. The lowest BCUT2D eigenvalue weighted by Crippen LogP contribution is -2.54. The number of ether oxygens (including phenoxy) is 2. The normalized spacial score (nSPS) is 24.6. The van der Waals surface area contributed by atoms with Crippen molar-refractivity contribution in [2.24, 2.45) is 17.8 Å². The van der Waals surface area contributed by atoms with Gasteiger partial charge in [0.25, 0.3) is 5.91 Å². The summed E-state index contributed by atoms with van der Waals surface area (Å²) in [4.78, 5) is 52.0. The number of aldehydes is 1. The highest BCUT2D eigenvalue weighted by atomic mass is 35.5. The van der Waals surface area contributed by atoms with Gasteiger partial charge in [0, 0.05) is 28.7 Å². The molecule has 3 fully saturated rings. The van der Waals surface area contributed by atoms with E-state index in [0.29, 0.717) is 51.0 Å². The van der Waals surface area contributed by atoms with Gasteiger partial charge in [-0.2, -0.15) is 0 Å². The summed E-state index contributed by atoms with van der Waals surface area (Å²) in [7, 11) is 1.64. The van der Waals surface area contributed by atoms with Crippen LogP contribution in [-0.4, -0.2) is 85.5 Å². The van der Waals surface area contributed by atoms with Gasteiger partial charge in [0.15, 0.2) is 0 Å². The van der Waals surface area contributed by atoms with Crippen molar-refractivity contribution < 1.29 is 32.3 Å². The Kier molecular flexibility index (Phi) is 11.8. The van der Waals surface area contributed by atoms with Crippen LogP contribution in [0.3, 0.4) is 0 Å². The summed E-state index contributed by atoms with van der Waals surface area (Å²) in [5, 5.41) is 6.57. The monoisotopic (exact) mass is 799 g/mol. The third-order valence-electron chi connectivity index (χ3n) is 11.0. The molecule has 5 atom stereocenters. The molecule has 0 unspecified atom stereocenters. The molecular weight excluding hydrogens is 750 g/mol. The average molecular weight is 800 g/mol. The molecule has 12 nitrogen and oxygen atoms in total. The number of pyridine rings is 1. The van der Waals surface area contributed by atoms with Crippen molar-refractivity contribution in [1.29, 1.82) is 0 Å². The molecule has 0 bridgehead atoms. The highest BCUT2D eigenvalue weighted by Gasteiger charge is 2.63. The van der Waals surface area contributed by atoms with E-state index in [4.69, 9.17) is 31.0 Å². The van der Waals surface area contributed by atoms with E-state index in [1.54, 1.807) is 19.1 Å². The van der Waals surface area contributed by atoms with Gasteiger partial charge in [-0.05, 0) is 97.0 Å². The molecule has 2 heterocycles. The Morgan fingerprint density at radius 3 is 2.56 bits per heavy atom. The van der Waals surface area contributed by atoms with Gasteiger partial charge >= 0.3 is 0 Å². The van der Waals surface area contributed by atoms with Gasteiger partial charge in [0.1, 0.15) is 45.2 Å². The van der Waals surface area contributed by atoms with E-state index < -0.39 is 50.1 Å². The number of benzene rings is 1. The zero-order valence-corrected chi connectivity index (χ0v) is 34.1. The van der Waals surface area contributed by atoms with Crippen LogP contribution in [0.1, 0.15) is 83.7 Å². The zero-order chi connectivity index (χ0) is 39.0. The minimum atomic E-state index is -3.94. The predicted molar refractivity (Wildman–Crippen MR) is 210 cm³/mol. The lowest BCUT2D eigenvalue weighted by Gasteiger charge is -2.23. The molecule has 3 aromatic rings. The van der Waals surface area contributed by atoms with Crippen molar-refractivity contribution in [1.82, 2.24) is 24.9 Å². The molecule has 2 N–H and O–H groups in total. The van der Waals surface area contributed by atoms with Crippen LogP contribution in [0.25, 0.3) is 21.6 Å². The minimum absolute atomic E-state index is 0.202. The van der Waals surface area contributed by atoms with Crippen LogP contribution in [0.2, 0.25) is 5.02 Å². The maximum Gasteiger partial charge on any atom is 0.259 e. The first kappa shape index (κ1) is 40.1. The highest BCUT2D eigenvalue weighted by Crippen LogP contribution is 2.48. The molecule has 15 heteroatoms. The summed E-state index contributed by atoms with van der Waals surface area (Å²) < 4.78 is 39.5. The maximum atomic E-state index is 14.1. The summed E-state index contributed by atoms with van der Waals surface area (Å²) in [6, 6.07) is 5.35. The Balaban J connectivity index is 1.22. The average Bonchev–Trinajstić information content (AvgIpc) is 3.90. The number of halogens is 1. The SMILES string of the molecule is COc1ccc2c(O[C@H]3C[C@@H](C=O)[C@H](C(=O)N[C@]4(C(=O)NS(=O)(=O)C5(C)CC5)C[C@H]4/C=C\CCCCN(C)C)C3)cc(-c3nc(C(C)C)cs3)nc2c1Cl. The molecule has 0 spiro atoms. The summed E-state index contributed by atoms with van der Waals surface area (Å²) in [6.07, 6.45) is 8.55. The van der Waals surface area contributed by atoms with Crippen molar-refractivity contribution in [2.45, 2.75) is 94.4 Å². The number of methoxy groups -OCH3 is 1. The van der Waals surface area contributed by atoms with Gasteiger partial charge in [-0.15, -0.1) is 11.3 Å². The fraction of sp³-hybridized carbons (Fsp3) is 0.564. The fourth-order valence-electron chi connectivity index (χ4n) is 7.02. The van der Waals surface area contributed by atoms with Crippen molar-refractivity contribution in [3.05, 3.63) is 46.4 Å². The molecule has 3 aliphatic rings. The Labute approximate surface area is 326 Å². The van der Waals surface area contributed by atoms with Crippen LogP contribution in [-0.2, 0) is 24.4 Å². The third-order valence-corrected chi connectivity index (χ3v) is 14.4. The van der Waals surface area contributed by atoms with Crippen LogP contribution in [0.15, 0.2) is 35.7 Å². The molecule has 2 amide bonds. The van der Waals surface area contributed by atoms with E-state index >= 15 is 0 Å². The smallest absolute Gasteiger partial charge is 0.259 e. The van der Waals surface area contributed by atoms with Crippen LogP contribution < -0.4 is 19.5 Å². The number of unbranched alkanes of at least 4 members (excludes halogenated alkanes) is 2. The molecule has 0 radical (unpaired) electrons. The first-order valence-corrected chi connectivity index (χ1v) is 21.3. The van der Waals surface area contributed by atoms with E-state index in [-0.39, 0.29) is 31.1 Å². The number of hydrogen-bond donors (Lipinski definition) is 2. The first-order valence-electron chi connectivity index (χ1n) is 18.6. The third kappa shape index (κ3) is 8.31. The zero-order valence-electron chi connectivity index (χ0n) is 31.7. The van der Waals surface area contributed by atoms with E-state index in [1.807, 2.05) is 37.7 Å². The number of sulfonamides is 1. The highest BCUT2D eigenvalue weighted by molar-refractivity contribution is 7.91. The van der Waals surface area contributed by atoms with Gasteiger partial charge in [0.2, 0.25) is 15.9 Å². The number of amides is 2. The number of allylic oxidation sites excluding steroid dienone is 1. The molecule has 6 rings (SSSR count). The van der Waals surface area contributed by atoms with Crippen LogP contribution in [0.4, 0.5) is 0 Å². The number of nitrogens with zero attached hydrogens (tertiary/aromatic N) is 3. The van der Waals surface area contributed by atoms with Gasteiger partial charge in [-0.1, -0.05) is 37.6 Å². The number of fused-ring (bicyclic) bond motifs is 1. The standard InChI is InChI=1S/C39H50ClN5O7S2/c1-23(2)30-22-53-36(42-30)29-19-32(27-12-13-31(51-6)33(40)34(27)41-29)52-26-17-24(21-46)28(18-26)35(47)43-39(37(48)44-54(49,50)38(3)14-15-38)20-25(39)11-9-7-8-10-16-45(4)5/h9,11-13,19,21-26,28H,7-8,10,14-18,20H2,1-6H3,(H,43,47)(H,44,48)/b11-9-/t24-,25+,26-,28+,39+/m0/s1. The van der Waals surface area contributed by atoms with E-state index in [0.717, 1.165) is 37.8 Å².